The molecule has 11 nitrogen and oxygen atoms in total. The summed E-state index contributed by atoms with van der Waals surface area (Å²) in [6, 6.07) is 12.7. The van der Waals surface area contributed by atoms with E-state index in [1.807, 2.05) is 12.1 Å². The predicted octanol–water partition coefficient (Wildman–Crippen LogP) is 4.26. The first-order valence-electron chi connectivity index (χ1n) is 11.9. The van der Waals surface area contributed by atoms with Crippen molar-refractivity contribution in [1.82, 2.24) is 19.5 Å². The number of halogens is 2. The molecule has 0 unspecified atom stereocenters. The van der Waals surface area contributed by atoms with Crippen LogP contribution in [0, 0.1) is 11.3 Å². The minimum Gasteiger partial charge on any atom is -0.459 e. The molecule has 13 heteroatoms. The van der Waals surface area contributed by atoms with Crippen molar-refractivity contribution in [2.24, 2.45) is 0 Å². The predicted molar refractivity (Wildman–Crippen MR) is 148 cm³/mol. The number of hydrogen-bond acceptors (Lipinski definition) is 10. The maximum Gasteiger partial charge on any atom is 0.338 e. The van der Waals surface area contributed by atoms with Gasteiger partial charge in [-0.15, -0.1) is 0 Å². The van der Waals surface area contributed by atoms with Crippen molar-refractivity contribution in [1.29, 1.82) is 5.26 Å². The van der Waals surface area contributed by atoms with Gasteiger partial charge in [0.05, 0.1) is 32.6 Å². The second-order valence-corrected chi connectivity index (χ2v) is 9.90. The van der Waals surface area contributed by atoms with E-state index in [0.717, 1.165) is 0 Å². The van der Waals surface area contributed by atoms with Crippen LogP contribution in [0.1, 0.15) is 53.6 Å². The van der Waals surface area contributed by atoms with Gasteiger partial charge in [-0.25, -0.2) is 9.78 Å². The third kappa shape index (κ3) is 4.92. The molecule has 1 aliphatic rings. The molecule has 1 saturated carbocycles. The Morgan fingerprint density at radius 2 is 1.82 bits per heavy atom. The summed E-state index contributed by atoms with van der Waals surface area (Å²) in [5, 5.41) is 13.3. The number of nitrogens with two attached hydrogens (primary N) is 2. The highest BCUT2D eigenvalue weighted by molar-refractivity contribution is 6.39. The first-order valence-corrected chi connectivity index (χ1v) is 12.7. The maximum atomic E-state index is 13.8. The van der Waals surface area contributed by atoms with E-state index in [4.69, 9.17) is 44.4 Å². The van der Waals surface area contributed by atoms with E-state index >= 15 is 0 Å². The lowest BCUT2D eigenvalue weighted by molar-refractivity contribution is -0.00915. The highest BCUT2D eigenvalue weighted by atomic mass is 35.5. The molecule has 0 bridgehead atoms. The van der Waals surface area contributed by atoms with Gasteiger partial charge in [0.1, 0.15) is 29.4 Å². The van der Waals surface area contributed by atoms with Crippen LogP contribution in [0.15, 0.2) is 47.3 Å². The van der Waals surface area contributed by atoms with Gasteiger partial charge in [-0.3, -0.25) is 9.36 Å². The number of nitrogen functional groups attached to an aromatic ring is 2. The van der Waals surface area contributed by atoms with Gasteiger partial charge < -0.3 is 21.5 Å². The highest BCUT2D eigenvalue weighted by Crippen LogP contribution is 2.38. The summed E-state index contributed by atoms with van der Waals surface area (Å²) in [7, 11) is 0. The Morgan fingerprint density at radius 1 is 1.13 bits per heavy atom. The molecule has 2 aromatic heterocycles. The van der Waals surface area contributed by atoms with Crippen LogP contribution in [0.5, 0.6) is 0 Å². The van der Waals surface area contributed by atoms with Gasteiger partial charge in [0, 0.05) is 18.9 Å². The molecule has 0 radical (unpaired) electrons. The van der Waals surface area contributed by atoms with E-state index in [9.17, 15) is 14.9 Å². The third-order valence-corrected chi connectivity index (χ3v) is 7.13. The minimum atomic E-state index is -0.663. The van der Waals surface area contributed by atoms with Crippen LogP contribution in [0.25, 0.3) is 10.9 Å². The van der Waals surface area contributed by atoms with Crippen molar-refractivity contribution in [2.75, 3.05) is 16.8 Å². The zero-order valence-corrected chi connectivity index (χ0v) is 22.1. The molecule has 1 atom stereocenters. The summed E-state index contributed by atoms with van der Waals surface area (Å²) < 4.78 is 7.15. The van der Waals surface area contributed by atoms with Gasteiger partial charge in [-0.1, -0.05) is 41.4 Å². The molecule has 198 valence electrons. The Morgan fingerprint density at radius 3 is 2.51 bits per heavy atom. The van der Waals surface area contributed by atoms with Crippen molar-refractivity contribution in [3.05, 3.63) is 79.8 Å². The number of benzene rings is 2. The topological polar surface area (TPSA) is 175 Å². The minimum absolute atomic E-state index is 0.00310. The molecule has 4 aromatic rings. The molecule has 39 heavy (non-hydrogen) atoms. The number of rotatable bonds is 6. The monoisotopic (exact) mass is 564 g/mol. The van der Waals surface area contributed by atoms with Crippen LogP contribution < -0.4 is 22.3 Å². The van der Waals surface area contributed by atoms with Crippen LogP contribution in [-0.2, 0) is 4.74 Å². The van der Waals surface area contributed by atoms with Crippen LogP contribution in [-0.4, -0.2) is 31.6 Å². The van der Waals surface area contributed by atoms with Crippen LogP contribution >= 0.6 is 23.2 Å². The molecule has 0 spiro atoms. The lowest BCUT2D eigenvalue weighted by atomic mass is 9.88. The molecule has 5 N–H and O–H groups in total. The van der Waals surface area contributed by atoms with E-state index in [1.165, 1.54) is 10.6 Å². The zero-order valence-electron chi connectivity index (χ0n) is 20.6. The first-order chi connectivity index (χ1) is 18.7. The largest absolute Gasteiger partial charge is 0.459 e. The maximum absolute atomic E-state index is 13.8. The van der Waals surface area contributed by atoms with Gasteiger partial charge >= 0.3 is 5.97 Å². The van der Waals surface area contributed by atoms with Gasteiger partial charge in [0.25, 0.3) is 5.56 Å². The average molecular weight is 565 g/mol. The van der Waals surface area contributed by atoms with Gasteiger partial charge in [0.15, 0.2) is 5.82 Å². The Hall–Kier alpha value is -4.40. The molecule has 5 rings (SSSR count). The number of nitriles is 1. The summed E-state index contributed by atoms with van der Waals surface area (Å²) in [6.45, 7) is 1.74. The quantitative estimate of drug-likeness (QED) is 0.287. The highest BCUT2D eigenvalue weighted by Gasteiger charge is 2.37. The number of ether oxygens (including phenoxy) is 1. The number of hydrogen-bond donors (Lipinski definition) is 3. The third-order valence-electron chi connectivity index (χ3n) is 6.51. The van der Waals surface area contributed by atoms with Crippen molar-refractivity contribution in [2.45, 2.75) is 38.0 Å². The van der Waals surface area contributed by atoms with Crippen LogP contribution in [0.2, 0.25) is 10.0 Å². The van der Waals surface area contributed by atoms with Crippen molar-refractivity contribution in [3.8, 4) is 6.07 Å². The molecular formula is C26H22Cl2N8O3. The molecular weight excluding hydrogens is 543 g/mol. The number of esters is 1. The molecule has 0 aliphatic heterocycles. The fourth-order valence-corrected chi connectivity index (χ4v) is 4.96. The Kier molecular flexibility index (Phi) is 6.99. The Balaban J connectivity index is 1.51. The number of anilines is 3. The normalized spacial score (nSPS) is 17.2. The lowest BCUT2D eigenvalue weighted by Gasteiger charge is -2.37. The summed E-state index contributed by atoms with van der Waals surface area (Å²) in [5.74, 6) is -0.232. The summed E-state index contributed by atoms with van der Waals surface area (Å²) in [4.78, 5) is 39.0. The fraction of sp³-hybridized carbons (Fsp3) is 0.231. The Labute approximate surface area is 232 Å². The molecule has 1 fully saturated rings. The van der Waals surface area contributed by atoms with E-state index in [2.05, 4.69) is 15.3 Å². The molecule has 0 saturated heterocycles. The van der Waals surface area contributed by atoms with Crippen LogP contribution in [0.4, 0.5) is 17.6 Å². The van der Waals surface area contributed by atoms with E-state index < -0.39 is 17.6 Å². The standard InChI is InChI=1S/C26H22Cl2N8O3/c1-12(32-22-16(11-29)21(30)34-26(31)35-22)23-33-20-18(28)8-7-17(27)19(20)24(37)36(23)14-9-15(10-14)39-25(38)13-5-3-2-4-6-13/h2-8,12,14-15H,9-10H2,1H3,(H5,30,31,32,34,35)/t12-,14?,15?/m0/s1. The Bertz CT molecular complexity index is 1700. The number of nitrogens with one attached hydrogen (secondary N) is 1. The number of aromatic nitrogens is 4. The number of carbonyl (C=O) groups is 1. The fourth-order valence-electron chi connectivity index (χ4n) is 4.52. The van der Waals surface area contributed by atoms with Crippen molar-refractivity contribution < 1.29 is 9.53 Å². The van der Waals surface area contributed by atoms with Gasteiger partial charge in [0.2, 0.25) is 5.95 Å². The van der Waals surface area contributed by atoms with Gasteiger partial charge in [-0.05, 0) is 31.2 Å². The molecule has 0 amide bonds. The average Bonchev–Trinajstić information content (AvgIpc) is 2.88. The number of nitrogens with zero attached hydrogens (tertiary/aromatic N) is 5. The van der Waals surface area contributed by atoms with E-state index in [-0.39, 0.29) is 56.2 Å². The van der Waals surface area contributed by atoms with Gasteiger partial charge in [-0.2, -0.15) is 15.2 Å². The second-order valence-electron chi connectivity index (χ2n) is 9.09. The zero-order chi connectivity index (χ0) is 27.8. The molecule has 2 heterocycles. The number of carbonyl (C=O) groups excluding carboxylic acids is 1. The van der Waals surface area contributed by atoms with Crippen LogP contribution in [0.3, 0.4) is 0 Å². The number of fused-ring (bicyclic) bond motifs is 1. The second kappa shape index (κ2) is 10.4. The summed E-state index contributed by atoms with van der Waals surface area (Å²) in [5.41, 5.74) is 11.9. The summed E-state index contributed by atoms with van der Waals surface area (Å²) in [6.07, 6.45) is 0.392. The van der Waals surface area contributed by atoms with Crippen molar-refractivity contribution in [3.63, 3.8) is 0 Å². The van der Waals surface area contributed by atoms with E-state index in [1.54, 1.807) is 37.3 Å². The molecule has 1 aliphatic carbocycles. The van der Waals surface area contributed by atoms with Crippen molar-refractivity contribution >= 4 is 57.7 Å². The SMILES string of the molecule is C[C@H](Nc1nc(N)nc(N)c1C#N)c1nc2c(Cl)ccc(Cl)c2c(=O)n1C1CC(OC(=O)c2ccccc2)C1. The van der Waals surface area contributed by atoms with E-state index in [0.29, 0.717) is 24.2 Å². The molecule has 2 aromatic carbocycles. The smallest absolute Gasteiger partial charge is 0.338 e. The first kappa shape index (κ1) is 26.2. The lowest BCUT2D eigenvalue weighted by Crippen LogP contribution is -2.42. The summed E-state index contributed by atoms with van der Waals surface area (Å²) >= 11 is 12.8.